The molecule has 1 heterocycles. The Labute approximate surface area is 196 Å². The minimum absolute atomic E-state index is 0.00762. The fourth-order valence-electron chi connectivity index (χ4n) is 3.58. The van der Waals surface area contributed by atoms with Crippen molar-refractivity contribution in [3.63, 3.8) is 0 Å². The lowest BCUT2D eigenvalue weighted by Crippen LogP contribution is -2.32. The van der Waals surface area contributed by atoms with Crippen LogP contribution in [0.4, 0.5) is 17.3 Å². The maximum atomic E-state index is 12.1. The molecule has 0 radical (unpaired) electrons. The van der Waals surface area contributed by atoms with Crippen LogP contribution in [-0.4, -0.2) is 55.0 Å². The molecular weight excluding hydrogens is 418 g/mol. The number of anilines is 3. The molecular formula is C24H37N7O2. The zero-order chi connectivity index (χ0) is 24.2. The van der Waals surface area contributed by atoms with Crippen LogP contribution in [-0.2, 0) is 17.6 Å². The van der Waals surface area contributed by atoms with Gasteiger partial charge in [0.1, 0.15) is 0 Å². The fourth-order valence-corrected chi connectivity index (χ4v) is 3.58. The number of carbonyl (C=O) groups is 2. The highest BCUT2D eigenvalue weighted by Gasteiger charge is 2.19. The Kier molecular flexibility index (Phi) is 10.6. The topological polar surface area (TPSA) is 125 Å². The van der Waals surface area contributed by atoms with Gasteiger partial charge in [-0.3, -0.25) is 9.59 Å². The molecule has 180 valence electrons. The Balaban J connectivity index is 2.14. The minimum Gasteiger partial charge on any atom is -0.364 e. The maximum Gasteiger partial charge on any atom is 0.271 e. The minimum atomic E-state index is -0.609. The summed E-state index contributed by atoms with van der Waals surface area (Å²) < 4.78 is 0. The summed E-state index contributed by atoms with van der Waals surface area (Å²) in [5, 5.41) is 8.98. The summed E-state index contributed by atoms with van der Waals surface area (Å²) in [5.41, 5.74) is 8.50. The lowest BCUT2D eigenvalue weighted by Gasteiger charge is -2.23. The number of nitrogens with zero attached hydrogens (tertiary/aromatic N) is 3. The molecule has 9 nitrogen and oxygen atoms in total. The SMILES string of the molecule is CCc1nc(C(N)=O)c(Nc2cccc(CCCCNC(=O)CNC)c2)nc1N(CC)CC. The van der Waals surface area contributed by atoms with E-state index in [0.717, 1.165) is 55.1 Å². The third kappa shape index (κ3) is 7.71. The number of aryl methyl sites for hydroxylation is 2. The van der Waals surface area contributed by atoms with Crippen molar-refractivity contribution in [1.29, 1.82) is 0 Å². The van der Waals surface area contributed by atoms with Gasteiger partial charge in [-0.2, -0.15) is 0 Å². The number of nitrogens with one attached hydrogen (secondary N) is 3. The molecule has 0 bridgehead atoms. The first kappa shape index (κ1) is 26.1. The molecule has 0 atom stereocenters. The Morgan fingerprint density at radius 1 is 1.09 bits per heavy atom. The summed E-state index contributed by atoms with van der Waals surface area (Å²) >= 11 is 0. The second-order valence-electron chi connectivity index (χ2n) is 7.74. The van der Waals surface area contributed by atoms with Gasteiger partial charge >= 0.3 is 0 Å². The highest BCUT2D eigenvalue weighted by atomic mass is 16.2. The van der Waals surface area contributed by atoms with E-state index in [1.165, 1.54) is 0 Å². The van der Waals surface area contributed by atoms with Crippen molar-refractivity contribution in [3.8, 4) is 0 Å². The van der Waals surface area contributed by atoms with Crippen molar-refractivity contribution < 1.29 is 9.59 Å². The van der Waals surface area contributed by atoms with Gasteiger partial charge in [-0.15, -0.1) is 0 Å². The van der Waals surface area contributed by atoms with Gasteiger partial charge in [-0.1, -0.05) is 19.1 Å². The van der Waals surface area contributed by atoms with Crippen LogP contribution in [0.25, 0.3) is 0 Å². The molecule has 2 aromatic rings. The summed E-state index contributed by atoms with van der Waals surface area (Å²) in [6.45, 7) is 8.69. The molecule has 1 aromatic carbocycles. The maximum absolute atomic E-state index is 12.1. The number of aromatic nitrogens is 2. The van der Waals surface area contributed by atoms with Gasteiger partial charge < -0.3 is 26.6 Å². The Morgan fingerprint density at radius 2 is 1.85 bits per heavy atom. The molecule has 0 saturated heterocycles. The normalized spacial score (nSPS) is 10.7. The van der Waals surface area contributed by atoms with Crippen LogP contribution in [0.15, 0.2) is 24.3 Å². The number of hydrogen-bond acceptors (Lipinski definition) is 7. The number of nitrogens with two attached hydrogens (primary N) is 1. The van der Waals surface area contributed by atoms with E-state index in [4.69, 9.17) is 10.7 Å². The molecule has 0 aliphatic carbocycles. The van der Waals surface area contributed by atoms with Gasteiger partial charge in [0, 0.05) is 25.3 Å². The highest BCUT2D eigenvalue weighted by Crippen LogP contribution is 2.25. The van der Waals surface area contributed by atoms with E-state index in [1.54, 1.807) is 7.05 Å². The summed E-state index contributed by atoms with van der Waals surface area (Å²) in [6, 6.07) is 8.00. The molecule has 0 aliphatic rings. The van der Waals surface area contributed by atoms with E-state index >= 15 is 0 Å². The molecule has 33 heavy (non-hydrogen) atoms. The first-order valence-electron chi connectivity index (χ1n) is 11.7. The second-order valence-corrected chi connectivity index (χ2v) is 7.74. The van der Waals surface area contributed by atoms with Crippen molar-refractivity contribution in [2.24, 2.45) is 5.73 Å². The Hall–Kier alpha value is -3.20. The smallest absolute Gasteiger partial charge is 0.271 e. The first-order valence-corrected chi connectivity index (χ1v) is 11.7. The lowest BCUT2D eigenvalue weighted by molar-refractivity contribution is -0.120. The predicted octanol–water partition coefficient (Wildman–Crippen LogP) is 2.39. The van der Waals surface area contributed by atoms with Crippen molar-refractivity contribution in [2.75, 3.05) is 43.4 Å². The average molecular weight is 456 g/mol. The van der Waals surface area contributed by atoms with Crippen LogP contribution in [0, 0.1) is 0 Å². The second kappa shape index (κ2) is 13.4. The molecule has 9 heteroatoms. The van der Waals surface area contributed by atoms with Crippen LogP contribution >= 0.6 is 0 Å². The molecule has 5 N–H and O–H groups in total. The number of primary amides is 1. The van der Waals surface area contributed by atoms with Gasteiger partial charge in [-0.05, 0) is 64.3 Å². The number of amides is 2. The number of benzene rings is 1. The Bertz CT molecular complexity index is 929. The van der Waals surface area contributed by atoms with Crippen LogP contribution in [0.5, 0.6) is 0 Å². The molecule has 0 unspecified atom stereocenters. The number of likely N-dealkylation sites (N-methyl/N-ethyl adjacent to an activating group) is 1. The Morgan fingerprint density at radius 3 is 2.48 bits per heavy atom. The van der Waals surface area contributed by atoms with E-state index in [-0.39, 0.29) is 11.6 Å². The predicted molar refractivity (Wildman–Crippen MR) is 133 cm³/mol. The molecule has 0 aliphatic heterocycles. The van der Waals surface area contributed by atoms with E-state index in [0.29, 0.717) is 25.3 Å². The van der Waals surface area contributed by atoms with Crippen LogP contribution in [0.1, 0.15) is 55.4 Å². The third-order valence-electron chi connectivity index (χ3n) is 5.32. The highest BCUT2D eigenvalue weighted by molar-refractivity contribution is 5.96. The quantitative estimate of drug-likeness (QED) is 0.322. The van der Waals surface area contributed by atoms with Gasteiger partial charge in [0.25, 0.3) is 5.91 Å². The van der Waals surface area contributed by atoms with Gasteiger partial charge in [0.2, 0.25) is 5.91 Å². The van der Waals surface area contributed by atoms with Crippen molar-refractivity contribution in [3.05, 3.63) is 41.2 Å². The molecule has 2 rings (SSSR count). The van der Waals surface area contributed by atoms with Crippen molar-refractivity contribution in [1.82, 2.24) is 20.6 Å². The number of carbonyl (C=O) groups excluding carboxylic acids is 2. The number of hydrogen-bond donors (Lipinski definition) is 4. The first-order chi connectivity index (χ1) is 15.9. The van der Waals surface area contributed by atoms with E-state index in [1.807, 2.05) is 25.1 Å². The van der Waals surface area contributed by atoms with E-state index in [9.17, 15) is 9.59 Å². The monoisotopic (exact) mass is 455 g/mol. The largest absolute Gasteiger partial charge is 0.364 e. The van der Waals surface area contributed by atoms with Crippen molar-refractivity contribution >= 4 is 29.1 Å². The summed E-state index contributed by atoms with van der Waals surface area (Å²) in [7, 11) is 1.75. The van der Waals surface area contributed by atoms with Crippen LogP contribution in [0.2, 0.25) is 0 Å². The molecule has 0 fully saturated rings. The van der Waals surface area contributed by atoms with Crippen LogP contribution < -0.4 is 26.6 Å². The number of unbranched alkanes of at least 4 members (excludes halogenated alkanes) is 1. The molecule has 0 spiro atoms. The van der Waals surface area contributed by atoms with Gasteiger partial charge in [0.05, 0.1) is 12.2 Å². The third-order valence-corrected chi connectivity index (χ3v) is 5.32. The lowest BCUT2D eigenvalue weighted by atomic mass is 10.1. The molecule has 1 aromatic heterocycles. The summed E-state index contributed by atoms with van der Waals surface area (Å²) in [4.78, 5) is 35.0. The summed E-state index contributed by atoms with van der Waals surface area (Å²) in [5.74, 6) is 0.535. The fraction of sp³-hybridized carbons (Fsp3) is 0.500. The zero-order valence-corrected chi connectivity index (χ0v) is 20.2. The van der Waals surface area contributed by atoms with Gasteiger partial charge in [0.15, 0.2) is 17.3 Å². The van der Waals surface area contributed by atoms with E-state index in [2.05, 4.69) is 45.7 Å². The number of rotatable bonds is 14. The zero-order valence-electron chi connectivity index (χ0n) is 20.2. The van der Waals surface area contributed by atoms with Crippen molar-refractivity contribution in [2.45, 2.75) is 46.5 Å². The van der Waals surface area contributed by atoms with Crippen LogP contribution in [0.3, 0.4) is 0 Å². The molecule has 2 amide bonds. The molecule has 0 saturated carbocycles. The summed E-state index contributed by atoms with van der Waals surface area (Å²) in [6.07, 6.45) is 3.39. The van der Waals surface area contributed by atoms with E-state index < -0.39 is 5.91 Å². The standard InChI is InChI=1S/C24H37N7O2/c1-5-19-24(31(6-2)7-3)30-23(21(29-19)22(25)33)28-18-13-10-12-17(15-18)11-8-9-14-27-20(32)16-26-4/h10,12-13,15,26H,5-9,11,14,16H2,1-4H3,(H2,25,33)(H,27,32)(H,28,30). The van der Waals surface area contributed by atoms with Gasteiger partial charge in [-0.25, -0.2) is 9.97 Å². The average Bonchev–Trinajstić information content (AvgIpc) is 2.80.